The summed E-state index contributed by atoms with van der Waals surface area (Å²) in [6, 6.07) is 0. The first-order chi connectivity index (χ1) is 8.89. The van der Waals surface area contributed by atoms with E-state index in [2.05, 4.69) is 15.5 Å². The van der Waals surface area contributed by atoms with Crippen molar-refractivity contribution in [2.24, 2.45) is 5.92 Å². The highest BCUT2D eigenvalue weighted by Crippen LogP contribution is 2.26. The van der Waals surface area contributed by atoms with Crippen LogP contribution >= 0.6 is 11.3 Å². The molecule has 106 valence electrons. The lowest BCUT2D eigenvalue weighted by Crippen LogP contribution is -2.39. The summed E-state index contributed by atoms with van der Waals surface area (Å²) >= 11 is 0.879. The standard InChI is InChI=1S/C10H16N4O3S2/c1-7-4-3-5-14(6-7)19(16,17)10-13-12-9(18-10)11-8(2)15/h7H,3-6H2,1-2H3,(H,11,12,15). The molecule has 0 aliphatic carbocycles. The number of amides is 1. The summed E-state index contributed by atoms with van der Waals surface area (Å²) in [5.74, 6) is 0.0537. The maximum absolute atomic E-state index is 12.4. The van der Waals surface area contributed by atoms with Crippen molar-refractivity contribution in [1.82, 2.24) is 14.5 Å². The summed E-state index contributed by atoms with van der Waals surface area (Å²) in [7, 11) is -3.58. The molecule has 2 heterocycles. The summed E-state index contributed by atoms with van der Waals surface area (Å²) in [5.41, 5.74) is 0. The number of anilines is 1. The molecule has 9 heteroatoms. The molecule has 0 radical (unpaired) electrons. The maximum Gasteiger partial charge on any atom is 0.272 e. The Bertz CT molecular complexity index is 569. The van der Waals surface area contributed by atoms with Crippen LogP contribution < -0.4 is 5.32 Å². The van der Waals surface area contributed by atoms with Gasteiger partial charge in [0.15, 0.2) is 0 Å². The summed E-state index contributed by atoms with van der Waals surface area (Å²) in [6.07, 6.45) is 1.90. The molecular formula is C10H16N4O3S2. The second kappa shape index (κ2) is 5.51. The number of sulfonamides is 1. The predicted molar refractivity (Wildman–Crippen MR) is 71.4 cm³/mol. The summed E-state index contributed by atoms with van der Waals surface area (Å²) in [4.78, 5) is 10.9. The third-order valence-electron chi connectivity index (χ3n) is 2.87. The zero-order chi connectivity index (χ0) is 14.0. The molecular weight excluding hydrogens is 288 g/mol. The number of nitrogens with one attached hydrogen (secondary N) is 1. The molecule has 0 spiro atoms. The van der Waals surface area contributed by atoms with Crippen molar-refractivity contribution in [2.45, 2.75) is 31.0 Å². The van der Waals surface area contributed by atoms with Gasteiger partial charge in [0.05, 0.1) is 0 Å². The molecule has 7 nitrogen and oxygen atoms in total. The number of hydrogen-bond acceptors (Lipinski definition) is 6. The smallest absolute Gasteiger partial charge is 0.272 e. The molecule has 1 unspecified atom stereocenters. The minimum absolute atomic E-state index is 0.0645. The lowest BCUT2D eigenvalue weighted by atomic mass is 10.0. The topological polar surface area (TPSA) is 92.3 Å². The van der Waals surface area contributed by atoms with Crippen LogP contribution in [-0.2, 0) is 14.8 Å². The molecule has 0 saturated carbocycles. The Morgan fingerprint density at radius 2 is 2.21 bits per heavy atom. The first kappa shape index (κ1) is 14.4. The van der Waals surface area contributed by atoms with Gasteiger partial charge in [-0.2, -0.15) is 4.31 Å². The van der Waals surface area contributed by atoms with Gasteiger partial charge in [0.2, 0.25) is 15.4 Å². The summed E-state index contributed by atoms with van der Waals surface area (Å²) in [6.45, 7) is 4.39. The van der Waals surface area contributed by atoms with Gasteiger partial charge >= 0.3 is 0 Å². The van der Waals surface area contributed by atoms with Gasteiger partial charge in [0, 0.05) is 20.0 Å². The lowest BCUT2D eigenvalue weighted by Gasteiger charge is -2.28. The van der Waals surface area contributed by atoms with Crippen molar-refractivity contribution in [1.29, 1.82) is 0 Å². The summed E-state index contributed by atoms with van der Waals surface area (Å²) < 4.78 is 26.1. The number of carbonyl (C=O) groups excluding carboxylic acids is 1. The van der Waals surface area contributed by atoms with E-state index in [1.165, 1.54) is 11.2 Å². The maximum atomic E-state index is 12.4. The molecule has 1 fully saturated rings. The minimum Gasteiger partial charge on any atom is -0.301 e. The van der Waals surface area contributed by atoms with E-state index in [9.17, 15) is 13.2 Å². The third-order valence-corrected chi connectivity index (χ3v) is 5.92. The Morgan fingerprint density at radius 1 is 1.47 bits per heavy atom. The predicted octanol–water partition coefficient (Wildman–Crippen LogP) is 0.917. The molecule has 1 N–H and O–H groups in total. The highest BCUT2D eigenvalue weighted by atomic mass is 32.2. The summed E-state index contributed by atoms with van der Waals surface area (Å²) in [5, 5.41) is 9.97. The van der Waals surface area contributed by atoms with Gasteiger partial charge in [0.25, 0.3) is 10.0 Å². The Kier molecular flexibility index (Phi) is 4.16. The number of aromatic nitrogens is 2. The number of rotatable bonds is 3. The van der Waals surface area contributed by atoms with E-state index in [1.807, 2.05) is 6.92 Å². The number of hydrogen-bond donors (Lipinski definition) is 1. The van der Waals surface area contributed by atoms with E-state index < -0.39 is 10.0 Å². The van der Waals surface area contributed by atoms with Crippen molar-refractivity contribution < 1.29 is 13.2 Å². The molecule has 1 aliphatic heterocycles. The highest BCUT2D eigenvalue weighted by Gasteiger charge is 2.31. The van der Waals surface area contributed by atoms with Gasteiger partial charge in [0.1, 0.15) is 0 Å². The van der Waals surface area contributed by atoms with E-state index >= 15 is 0 Å². The van der Waals surface area contributed by atoms with Gasteiger partial charge in [-0.05, 0) is 18.8 Å². The van der Waals surface area contributed by atoms with Gasteiger partial charge in [-0.15, -0.1) is 10.2 Å². The van der Waals surface area contributed by atoms with Crippen LogP contribution in [-0.4, -0.2) is 41.9 Å². The van der Waals surface area contributed by atoms with Crippen LogP contribution in [0.4, 0.5) is 5.13 Å². The third kappa shape index (κ3) is 3.28. The van der Waals surface area contributed by atoms with Crippen molar-refractivity contribution in [3.63, 3.8) is 0 Å². The van der Waals surface area contributed by atoms with Crippen LogP contribution in [0.15, 0.2) is 4.34 Å². The number of carbonyl (C=O) groups is 1. The van der Waals surface area contributed by atoms with Gasteiger partial charge in [-0.1, -0.05) is 18.3 Å². The van der Waals surface area contributed by atoms with E-state index in [-0.39, 0.29) is 15.4 Å². The molecule has 1 amide bonds. The lowest BCUT2D eigenvalue weighted by molar-refractivity contribution is -0.114. The Hall–Kier alpha value is -1.06. The molecule has 1 atom stereocenters. The van der Waals surface area contributed by atoms with E-state index in [0.717, 1.165) is 24.2 Å². The average Bonchev–Trinajstić information content (AvgIpc) is 2.77. The van der Waals surface area contributed by atoms with Gasteiger partial charge < -0.3 is 5.32 Å². The molecule has 1 aromatic rings. The first-order valence-corrected chi connectivity index (χ1v) is 8.26. The van der Waals surface area contributed by atoms with Crippen LogP contribution in [0.1, 0.15) is 26.7 Å². The van der Waals surface area contributed by atoms with Crippen molar-refractivity contribution in [2.75, 3.05) is 18.4 Å². The fourth-order valence-corrected chi connectivity index (χ4v) is 4.67. The molecule has 19 heavy (non-hydrogen) atoms. The minimum atomic E-state index is -3.58. The zero-order valence-electron chi connectivity index (χ0n) is 10.8. The Labute approximate surface area is 116 Å². The SMILES string of the molecule is CC(=O)Nc1nnc(S(=O)(=O)N2CCCC(C)C2)s1. The molecule has 1 saturated heterocycles. The fourth-order valence-electron chi connectivity index (χ4n) is 1.99. The Balaban J connectivity index is 2.19. The largest absolute Gasteiger partial charge is 0.301 e. The molecule has 0 bridgehead atoms. The van der Waals surface area contributed by atoms with Crippen LogP contribution in [0.2, 0.25) is 0 Å². The van der Waals surface area contributed by atoms with Crippen molar-refractivity contribution in [3.05, 3.63) is 0 Å². The molecule has 0 aromatic carbocycles. The molecule has 2 rings (SSSR count). The van der Waals surface area contributed by atoms with E-state index in [1.54, 1.807) is 0 Å². The molecule has 1 aliphatic rings. The number of piperidine rings is 1. The molecule has 1 aromatic heterocycles. The van der Waals surface area contributed by atoms with Crippen molar-refractivity contribution >= 4 is 32.4 Å². The van der Waals surface area contributed by atoms with E-state index in [0.29, 0.717) is 19.0 Å². The first-order valence-electron chi connectivity index (χ1n) is 6.01. The van der Waals surface area contributed by atoms with Gasteiger partial charge in [-0.25, -0.2) is 8.42 Å². The van der Waals surface area contributed by atoms with E-state index in [4.69, 9.17) is 0 Å². The Morgan fingerprint density at radius 3 is 2.84 bits per heavy atom. The quantitative estimate of drug-likeness (QED) is 0.838. The van der Waals surface area contributed by atoms with Crippen molar-refractivity contribution in [3.8, 4) is 0 Å². The normalized spacial score (nSPS) is 21.3. The van der Waals surface area contributed by atoms with Crippen LogP contribution in [0, 0.1) is 5.92 Å². The van der Waals surface area contributed by atoms with Crippen LogP contribution in [0.5, 0.6) is 0 Å². The highest BCUT2D eigenvalue weighted by molar-refractivity contribution is 7.91. The van der Waals surface area contributed by atoms with Gasteiger partial charge in [-0.3, -0.25) is 4.79 Å². The van der Waals surface area contributed by atoms with Crippen LogP contribution in [0.3, 0.4) is 0 Å². The van der Waals surface area contributed by atoms with Crippen LogP contribution in [0.25, 0.3) is 0 Å². The fraction of sp³-hybridized carbons (Fsp3) is 0.700. The zero-order valence-corrected chi connectivity index (χ0v) is 12.4. The average molecular weight is 304 g/mol. The number of nitrogens with zero attached hydrogens (tertiary/aromatic N) is 3. The second-order valence-electron chi connectivity index (χ2n) is 4.66. The monoisotopic (exact) mass is 304 g/mol. The second-order valence-corrected chi connectivity index (χ2v) is 7.75.